The number of halogens is 1. The van der Waals surface area contributed by atoms with Crippen LogP contribution in [-0.2, 0) is 9.59 Å². The predicted molar refractivity (Wildman–Crippen MR) is 128 cm³/mol. The molecule has 0 fully saturated rings. The minimum absolute atomic E-state index is 0.250. The van der Waals surface area contributed by atoms with Gasteiger partial charge in [-0.25, -0.2) is 4.90 Å². The zero-order valence-electron chi connectivity index (χ0n) is 17.4. The standard InChI is InChI=1S/C25H21ClN2O2S/c1-15-9-10-17(3)21(13-15)28-24(29)22(27-18-12-11-16(2)20(26)14-18)23(25(28)30)31-19-7-5-4-6-8-19/h4-14,27H,1-3H3. The van der Waals surface area contributed by atoms with Crippen molar-refractivity contribution < 1.29 is 9.59 Å². The van der Waals surface area contributed by atoms with Gasteiger partial charge in [0.2, 0.25) is 0 Å². The number of thioether (sulfide) groups is 1. The second-order valence-corrected chi connectivity index (χ2v) is 8.93. The summed E-state index contributed by atoms with van der Waals surface area (Å²) in [4.78, 5) is 29.4. The smallest absolute Gasteiger partial charge is 0.283 e. The number of carbonyl (C=O) groups excluding carboxylic acids is 2. The summed E-state index contributed by atoms with van der Waals surface area (Å²) in [6, 6.07) is 20.8. The number of rotatable bonds is 5. The van der Waals surface area contributed by atoms with Crippen LogP contribution < -0.4 is 10.2 Å². The van der Waals surface area contributed by atoms with Crippen molar-refractivity contribution >= 4 is 46.6 Å². The first-order valence-electron chi connectivity index (χ1n) is 9.81. The number of hydrogen-bond donors (Lipinski definition) is 1. The maximum atomic E-state index is 13.5. The first-order chi connectivity index (χ1) is 14.8. The molecule has 0 saturated carbocycles. The fraction of sp³-hybridized carbons (Fsp3) is 0.120. The Balaban J connectivity index is 1.78. The minimum Gasteiger partial charge on any atom is -0.350 e. The Morgan fingerprint density at radius 1 is 0.839 bits per heavy atom. The highest BCUT2D eigenvalue weighted by molar-refractivity contribution is 8.04. The summed E-state index contributed by atoms with van der Waals surface area (Å²) in [5.74, 6) is -0.720. The van der Waals surface area contributed by atoms with Crippen molar-refractivity contribution in [2.75, 3.05) is 10.2 Å². The molecule has 2 amide bonds. The molecule has 1 N–H and O–H groups in total. The maximum Gasteiger partial charge on any atom is 0.283 e. The van der Waals surface area contributed by atoms with Crippen LogP contribution in [0.4, 0.5) is 11.4 Å². The van der Waals surface area contributed by atoms with E-state index >= 15 is 0 Å². The number of hydrogen-bond acceptors (Lipinski definition) is 4. The van der Waals surface area contributed by atoms with E-state index in [0.29, 0.717) is 21.3 Å². The quantitative estimate of drug-likeness (QED) is 0.468. The molecular formula is C25H21ClN2O2S. The van der Waals surface area contributed by atoms with E-state index in [1.807, 2.05) is 81.4 Å². The predicted octanol–water partition coefficient (Wildman–Crippen LogP) is 6.25. The van der Waals surface area contributed by atoms with E-state index in [9.17, 15) is 9.59 Å². The Hall–Kier alpha value is -3.02. The average molecular weight is 449 g/mol. The Morgan fingerprint density at radius 2 is 1.55 bits per heavy atom. The van der Waals surface area contributed by atoms with Gasteiger partial charge in [-0.3, -0.25) is 9.59 Å². The summed E-state index contributed by atoms with van der Waals surface area (Å²) in [7, 11) is 0. The normalized spacial score (nSPS) is 13.9. The molecule has 0 bridgehead atoms. The Bertz CT molecular complexity index is 1220. The second kappa shape index (κ2) is 8.61. The Morgan fingerprint density at radius 3 is 2.26 bits per heavy atom. The molecule has 0 spiro atoms. The van der Waals surface area contributed by atoms with E-state index in [2.05, 4.69) is 5.32 Å². The number of amides is 2. The Labute approximate surface area is 190 Å². The van der Waals surface area contributed by atoms with Crippen LogP contribution in [0.25, 0.3) is 0 Å². The highest BCUT2D eigenvalue weighted by atomic mass is 35.5. The Kier molecular flexibility index (Phi) is 5.90. The number of nitrogens with zero attached hydrogens (tertiary/aromatic N) is 1. The molecule has 156 valence electrons. The molecule has 0 aromatic heterocycles. The van der Waals surface area contributed by atoms with Crippen LogP contribution in [0.1, 0.15) is 16.7 Å². The van der Waals surface area contributed by atoms with E-state index < -0.39 is 0 Å². The lowest BCUT2D eigenvalue weighted by atomic mass is 10.1. The lowest BCUT2D eigenvalue weighted by Crippen LogP contribution is -2.33. The van der Waals surface area contributed by atoms with Crippen LogP contribution in [0, 0.1) is 20.8 Å². The molecule has 1 heterocycles. The molecule has 4 nitrogen and oxygen atoms in total. The van der Waals surface area contributed by atoms with E-state index in [1.54, 1.807) is 6.07 Å². The van der Waals surface area contributed by atoms with Gasteiger partial charge >= 0.3 is 0 Å². The van der Waals surface area contributed by atoms with Gasteiger partial charge in [0, 0.05) is 15.6 Å². The van der Waals surface area contributed by atoms with E-state index in [0.717, 1.165) is 21.6 Å². The van der Waals surface area contributed by atoms with Gasteiger partial charge in [0.15, 0.2) is 0 Å². The van der Waals surface area contributed by atoms with Gasteiger partial charge in [-0.2, -0.15) is 0 Å². The number of benzene rings is 3. The summed E-state index contributed by atoms with van der Waals surface area (Å²) in [5, 5.41) is 3.74. The third kappa shape index (κ3) is 4.24. The van der Waals surface area contributed by atoms with E-state index in [1.165, 1.54) is 16.7 Å². The third-order valence-electron chi connectivity index (χ3n) is 5.05. The van der Waals surface area contributed by atoms with Crippen molar-refractivity contribution in [2.45, 2.75) is 25.7 Å². The molecule has 4 rings (SSSR count). The molecular weight excluding hydrogens is 428 g/mol. The highest BCUT2D eigenvalue weighted by Gasteiger charge is 2.40. The van der Waals surface area contributed by atoms with E-state index in [4.69, 9.17) is 11.6 Å². The summed E-state index contributed by atoms with van der Waals surface area (Å²) in [5.41, 5.74) is 4.27. The van der Waals surface area contributed by atoms with Crippen LogP contribution in [0.3, 0.4) is 0 Å². The molecule has 0 unspecified atom stereocenters. The van der Waals surface area contributed by atoms with Crippen LogP contribution in [0.15, 0.2) is 82.2 Å². The molecule has 3 aromatic rings. The average Bonchev–Trinajstić information content (AvgIpc) is 2.97. The SMILES string of the molecule is Cc1ccc(C)c(N2C(=O)C(Nc3ccc(C)c(Cl)c3)=C(Sc3ccccc3)C2=O)c1. The topological polar surface area (TPSA) is 49.4 Å². The number of anilines is 2. The number of nitrogens with one attached hydrogen (secondary N) is 1. The van der Waals surface area contributed by atoms with E-state index in [-0.39, 0.29) is 17.5 Å². The van der Waals surface area contributed by atoms with Crippen molar-refractivity contribution in [1.82, 2.24) is 0 Å². The first-order valence-corrected chi connectivity index (χ1v) is 11.0. The zero-order chi connectivity index (χ0) is 22.1. The minimum atomic E-state index is -0.381. The molecule has 0 radical (unpaired) electrons. The fourth-order valence-electron chi connectivity index (χ4n) is 3.32. The van der Waals surface area contributed by atoms with Crippen LogP contribution in [0.5, 0.6) is 0 Å². The summed E-state index contributed by atoms with van der Waals surface area (Å²) in [6.07, 6.45) is 0. The van der Waals surface area contributed by atoms with Gasteiger partial charge in [-0.15, -0.1) is 0 Å². The maximum absolute atomic E-state index is 13.5. The van der Waals surface area contributed by atoms with Crippen LogP contribution in [0.2, 0.25) is 5.02 Å². The highest BCUT2D eigenvalue weighted by Crippen LogP contribution is 2.39. The fourth-order valence-corrected chi connectivity index (χ4v) is 4.44. The van der Waals surface area contributed by atoms with Gasteiger partial charge in [0.1, 0.15) is 10.6 Å². The summed E-state index contributed by atoms with van der Waals surface area (Å²) >= 11 is 7.55. The van der Waals surface area contributed by atoms with Gasteiger partial charge < -0.3 is 5.32 Å². The third-order valence-corrected chi connectivity index (χ3v) is 6.55. The first kappa shape index (κ1) is 21.2. The molecule has 0 atom stereocenters. The number of aryl methyl sites for hydroxylation is 3. The van der Waals surface area contributed by atoms with Crippen molar-refractivity contribution in [1.29, 1.82) is 0 Å². The molecule has 0 saturated heterocycles. The monoisotopic (exact) mass is 448 g/mol. The largest absolute Gasteiger partial charge is 0.350 e. The number of carbonyl (C=O) groups is 2. The van der Waals surface area contributed by atoms with Gasteiger partial charge in [0.05, 0.1) is 5.69 Å². The van der Waals surface area contributed by atoms with Gasteiger partial charge in [0.25, 0.3) is 11.8 Å². The lowest BCUT2D eigenvalue weighted by molar-refractivity contribution is -0.120. The van der Waals surface area contributed by atoms with Gasteiger partial charge in [-0.05, 0) is 67.8 Å². The van der Waals surface area contributed by atoms with Crippen molar-refractivity contribution in [3.8, 4) is 0 Å². The van der Waals surface area contributed by atoms with Crippen LogP contribution >= 0.6 is 23.4 Å². The second-order valence-electron chi connectivity index (χ2n) is 7.44. The summed E-state index contributed by atoms with van der Waals surface area (Å²) < 4.78 is 0. The van der Waals surface area contributed by atoms with Crippen molar-refractivity contribution in [3.63, 3.8) is 0 Å². The van der Waals surface area contributed by atoms with Gasteiger partial charge in [-0.1, -0.05) is 59.8 Å². The molecule has 1 aliphatic rings. The van der Waals surface area contributed by atoms with Crippen LogP contribution in [-0.4, -0.2) is 11.8 Å². The zero-order valence-corrected chi connectivity index (χ0v) is 19.0. The summed E-state index contributed by atoms with van der Waals surface area (Å²) in [6.45, 7) is 5.74. The molecule has 1 aliphatic heterocycles. The van der Waals surface area contributed by atoms with Crippen molar-refractivity contribution in [3.05, 3.63) is 99.0 Å². The molecule has 3 aromatic carbocycles. The lowest BCUT2D eigenvalue weighted by Gasteiger charge is -2.18. The van der Waals surface area contributed by atoms with Crippen molar-refractivity contribution in [2.24, 2.45) is 0 Å². The molecule has 6 heteroatoms. The number of imide groups is 1. The molecule has 31 heavy (non-hydrogen) atoms. The molecule has 0 aliphatic carbocycles.